The summed E-state index contributed by atoms with van der Waals surface area (Å²) >= 11 is 0. The van der Waals surface area contributed by atoms with Gasteiger partial charge in [0.1, 0.15) is 11.4 Å². The van der Waals surface area contributed by atoms with Crippen molar-refractivity contribution in [1.82, 2.24) is 15.3 Å². The van der Waals surface area contributed by atoms with Gasteiger partial charge in [-0.3, -0.25) is 0 Å². The summed E-state index contributed by atoms with van der Waals surface area (Å²) in [7, 11) is 0. The number of anilines is 2. The van der Waals surface area contributed by atoms with Crippen LogP contribution >= 0.6 is 0 Å². The third-order valence-corrected chi connectivity index (χ3v) is 6.34. The van der Waals surface area contributed by atoms with E-state index in [0.29, 0.717) is 30.6 Å². The SMILES string of the molecule is CC1COCCN1c1nc(-c2ccc(NC(=O)NCCO)cc2)nc2c1CCC1(CC1)O2. The largest absolute Gasteiger partial charge is 0.471 e. The average molecular weight is 440 g/mol. The van der Waals surface area contributed by atoms with Gasteiger partial charge < -0.3 is 30.1 Å². The van der Waals surface area contributed by atoms with Gasteiger partial charge in [-0.2, -0.15) is 4.98 Å². The molecule has 1 aromatic carbocycles. The molecule has 1 atom stereocenters. The molecule has 2 fully saturated rings. The first-order valence-electron chi connectivity index (χ1n) is 11.3. The first-order valence-corrected chi connectivity index (χ1v) is 11.3. The molecular formula is C23H29N5O4. The molecule has 2 aliphatic heterocycles. The van der Waals surface area contributed by atoms with Crippen LogP contribution in [0.3, 0.4) is 0 Å². The number of rotatable bonds is 5. The Kier molecular flexibility index (Phi) is 5.60. The summed E-state index contributed by atoms with van der Waals surface area (Å²) in [5, 5.41) is 14.1. The van der Waals surface area contributed by atoms with Crippen molar-refractivity contribution < 1.29 is 19.4 Å². The molecule has 1 saturated carbocycles. The fourth-order valence-corrected chi connectivity index (χ4v) is 4.31. The fourth-order valence-electron chi connectivity index (χ4n) is 4.31. The van der Waals surface area contributed by atoms with Gasteiger partial charge in [-0.05, 0) is 56.9 Å². The van der Waals surface area contributed by atoms with Crippen molar-refractivity contribution in [1.29, 1.82) is 0 Å². The molecule has 9 heteroatoms. The van der Waals surface area contributed by atoms with Gasteiger partial charge in [0, 0.05) is 24.3 Å². The molecular weight excluding hydrogens is 410 g/mol. The number of hydrogen-bond acceptors (Lipinski definition) is 7. The van der Waals surface area contributed by atoms with Gasteiger partial charge in [0.25, 0.3) is 0 Å². The predicted octanol–water partition coefficient (Wildman–Crippen LogP) is 2.34. The molecule has 170 valence electrons. The lowest BCUT2D eigenvalue weighted by Crippen LogP contribution is -2.45. The second-order valence-corrected chi connectivity index (χ2v) is 8.74. The van der Waals surface area contributed by atoms with E-state index in [-0.39, 0.29) is 30.8 Å². The maximum Gasteiger partial charge on any atom is 0.319 e. The number of nitrogens with zero attached hydrogens (tertiary/aromatic N) is 3. The standard InChI is InChI=1S/C23H29N5O4/c1-15-14-31-13-11-28(15)20-18-6-7-23(8-9-23)32-21(18)27-19(26-20)16-2-4-17(5-3-16)25-22(30)24-10-12-29/h2-5,15,29H,6-14H2,1H3,(H2,24,25,30). The number of fused-ring (bicyclic) bond motifs is 1. The molecule has 1 unspecified atom stereocenters. The molecule has 3 heterocycles. The molecule has 3 N–H and O–H groups in total. The zero-order valence-corrected chi connectivity index (χ0v) is 18.3. The quantitative estimate of drug-likeness (QED) is 0.656. The lowest BCUT2D eigenvalue weighted by atomic mass is 10.0. The zero-order chi connectivity index (χ0) is 22.1. The minimum Gasteiger partial charge on any atom is -0.471 e. The Labute approximate surface area is 187 Å². The number of urea groups is 1. The highest BCUT2D eigenvalue weighted by Crippen LogP contribution is 2.49. The van der Waals surface area contributed by atoms with Crippen LogP contribution in [0.25, 0.3) is 11.4 Å². The molecule has 1 saturated heterocycles. The number of aromatic nitrogens is 2. The summed E-state index contributed by atoms with van der Waals surface area (Å²) in [5.41, 5.74) is 2.58. The number of nitrogens with one attached hydrogen (secondary N) is 2. The summed E-state index contributed by atoms with van der Waals surface area (Å²) in [4.78, 5) is 23.9. The van der Waals surface area contributed by atoms with Crippen molar-refractivity contribution >= 4 is 17.5 Å². The van der Waals surface area contributed by atoms with Crippen LogP contribution in [0, 0.1) is 0 Å². The minimum atomic E-state index is -0.358. The molecule has 2 amide bonds. The van der Waals surface area contributed by atoms with Gasteiger partial charge in [0.15, 0.2) is 5.82 Å². The Morgan fingerprint density at radius 3 is 2.78 bits per heavy atom. The van der Waals surface area contributed by atoms with Gasteiger partial charge >= 0.3 is 6.03 Å². The van der Waals surface area contributed by atoms with Crippen molar-refractivity contribution in [2.24, 2.45) is 0 Å². The van der Waals surface area contributed by atoms with E-state index in [9.17, 15) is 4.79 Å². The van der Waals surface area contributed by atoms with E-state index in [2.05, 4.69) is 22.5 Å². The van der Waals surface area contributed by atoms with Crippen molar-refractivity contribution in [3.8, 4) is 17.3 Å². The van der Waals surface area contributed by atoms with Crippen molar-refractivity contribution in [3.63, 3.8) is 0 Å². The number of aliphatic hydroxyl groups excluding tert-OH is 1. The molecule has 5 rings (SSSR count). The summed E-state index contributed by atoms with van der Waals surface area (Å²) in [6, 6.07) is 7.30. The maximum atomic E-state index is 11.8. The smallest absolute Gasteiger partial charge is 0.319 e. The predicted molar refractivity (Wildman–Crippen MR) is 120 cm³/mol. The minimum absolute atomic E-state index is 0.0256. The fraction of sp³-hybridized carbons (Fsp3) is 0.522. The number of amides is 2. The molecule has 2 aromatic rings. The normalized spacial score (nSPS) is 20.9. The second kappa shape index (κ2) is 8.55. The van der Waals surface area contributed by atoms with Crippen LogP contribution in [0.2, 0.25) is 0 Å². The van der Waals surface area contributed by atoms with Crippen LogP contribution in [-0.2, 0) is 11.2 Å². The number of benzene rings is 1. The van der Waals surface area contributed by atoms with Crippen molar-refractivity contribution in [3.05, 3.63) is 29.8 Å². The summed E-state index contributed by atoms with van der Waals surface area (Å²) in [6.07, 6.45) is 4.13. The number of hydrogen-bond donors (Lipinski definition) is 3. The topological polar surface area (TPSA) is 109 Å². The van der Waals surface area contributed by atoms with E-state index >= 15 is 0 Å². The van der Waals surface area contributed by atoms with Gasteiger partial charge in [-0.15, -0.1) is 0 Å². The molecule has 1 spiro atoms. The number of aliphatic hydroxyl groups is 1. The molecule has 0 radical (unpaired) electrons. The Hall–Kier alpha value is -2.91. The Bertz CT molecular complexity index is 993. The molecule has 1 aromatic heterocycles. The highest BCUT2D eigenvalue weighted by molar-refractivity contribution is 5.89. The number of carbonyl (C=O) groups is 1. The highest BCUT2D eigenvalue weighted by atomic mass is 16.5. The lowest BCUT2D eigenvalue weighted by molar-refractivity contribution is 0.0978. The number of carbonyl (C=O) groups excluding carboxylic acids is 1. The van der Waals surface area contributed by atoms with Gasteiger partial charge in [0.2, 0.25) is 5.88 Å². The van der Waals surface area contributed by atoms with Gasteiger partial charge in [0.05, 0.1) is 31.4 Å². The number of morpholine rings is 1. The van der Waals surface area contributed by atoms with Crippen molar-refractivity contribution in [2.45, 2.75) is 44.2 Å². The zero-order valence-electron chi connectivity index (χ0n) is 18.3. The first-order chi connectivity index (χ1) is 15.6. The van der Waals surface area contributed by atoms with Crippen LogP contribution in [-0.4, -0.2) is 65.7 Å². The summed E-state index contributed by atoms with van der Waals surface area (Å²) in [6.45, 7) is 4.41. The Morgan fingerprint density at radius 2 is 2.06 bits per heavy atom. The van der Waals surface area contributed by atoms with Gasteiger partial charge in [-0.1, -0.05) is 0 Å². The van der Waals surface area contributed by atoms with E-state index in [4.69, 9.17) is 24.5 Å². The highest BCUT2D eigenvalue weighted by Gasteiger charge is 2.49. The van der Waals surface area contributed by atoms with E-state index in [1.54, 1.807) is 0 Å². The second-order valence-electron chi connectivity index (χ2n) is 8.74. The van der Waals surface area contributed by atoms with Crippen LogP contribution in [0.4, 0.5) is 16.3 Å². The first kappa shape index (κ1) is 21.0. The van der Waals surface area contributed by atoms with E-state index in [1.165, 1.54) is 0 Å². The average Bonchev–Trinajstić information content (AvgIpc) is 3.56. The summed E-state index contributed by atoms with van der Waals surface area (Å²) < 4.78 is 12.0. The van der Waals surface area contributed by atoms with Crippen molar-refractivity contribution in [2.75, 3.05) is 43.1 Å². The van der Waals surface area contributed by atoms with Crippen LogP contribution in [0.15, 0.2) is 24.3 Å². The summed E-state index contributed by atoms with van der Waals surface area (Å²) in [5.74, 6) is 2.27. The van der Waals surface area contributed by atoms with Crippen LogP contribution in [0.1, 0.15) is 31.7 Å². The molecule has 9 nitrogen and oxygen atoms in total. The lowest BCUT2D eigenvalue weighted by Gasteiger charge is -2.37. The third-order valence-electron chi connectivity index (χ3n) is 6.34. The third kappa shape index (κ3) is 4.22. The van der Waals surface area contributed by atoms with E-state index in [1.807, 2.05) is 24.3 Å². The maximum absolute atomic E-state index is 11.8. The Morgan fingerprint density at radius 1 is 1.25 bits per heavy atom. The molecule has 32 heavy (non-hydrogen) atoms. The Balaban J connectivity index is 1.44. The van der Waals surface area contributed by atoms with E-state index in [0.717, 1.165) is 49.2 Å². The van der Waals surface area contributed by atoms with Gasteiger partial charge in [-0.25, -0.2) is 9.78 Å². The van der Waals surface area contributed by atoms with E-state index < -0.39 is 0 Å². The number of ether oxygens (including phenoxy) is 2. The van der Waals surface area contributed by atoms with Crippen LogP contribution in [0.5, 0.6) is 5.88 Å². The molecule has 1 aliphatic carbocycles. The molecule has 3 aliphatic rings. The van der Waals surface area contributed by atoms with Crippen LogP contribution < -0.4 is 20.3 Å². The monoisotopic (exact) mass is 439 g/mol. The molecule has 0 bridgehead atoms.